The number of aryl methyl sites for hydroxylation is 1. The van der Waals surface area contributed by atoms with Crippen LogP contribution in [0.25, 0.3) is 17.1 Å². The quantitative estimate of drug-likeness (QED) is 0.481. The van der Waals surface area contributed by atoms with Crippen LogP contribution in [0, 0.1) is 0 Å². The fourth-order valence-electron chi connectivity index (χ4n) is 3.72. The SMILES string of the molecule is O=C(c1nc(-c2ccccc2)n(-c2cccc(C(F)(F)F)c2)n1)N1CCCn2nccc21. The number of alkyl halides is 3. The molecule has 0 bridgehead atoms. The minimum absolute atomic E-state index is 0.101. The minimum Gasteiger partial charge on any atom is -0.290 e. The number of halogens is 3. The lowest BCUT2D eigenvalue weighted by Crippen LogP contribution is -2.38. The van der Waals surface area contributed by atoms with Gasteiger partial charge in [-0.15, -0.1) is 5.10 Å². The van der Waals surface area contributed by atoms with Gasteiger partial charge in [0, 0.05) is 24.7 Å². The van der Waals surface area contributed by atoms with Crippen LogP contribution in [0.2, 0.25) is 0 Å². The first-order valence-corrected chi connectivity index (χ1v) is 9.95. The molecule has 3 heterocycles. The van der Waals surface area contributed by atoms with E-state index in [9.17, 15) is 18.0 Å². The molecule has 1 aliphatic rings. The van der Waals surface area contributed by atoms with Crippen molar-refractivity contribution in [3.8, 4) is 17.1 Å². The molecule has 32 heavy (non-hydrogen) atoms. The molecule has 0 fully saturated rings. The Hall–Kier alpha value is -3.95. The van der Waals surface area contributed by atoms with Crippen LogP contribution in [0.1, 0.15) is 22.6 Å². The van der Waals surface area contributed by atoms with E-state index in [1.54, 1.807) is 41.2 Å². The summed E-state index contributed by atoms with van der Waals surface area (Å²) in [5.41, 5.74) is -0.0219. The first-order chi connectivity index (χ1) is 15.4. The van der Waals surface area contributed by atoms with Gasteiger partial charge in [-0.05, 0) is 24.6 Å². The molecule has 0 N–H and O–H groups in total. The third kappa shape index (κ3) is 3.53. The van der Waals surface area contributed by atoms with Crippen LogP contribution in [-0.2, 0) is 12.7 Å². The maximum atomic E-state index is 13.3. The smallest absolute Gasteiger partial charge is 0.290 e. The number of rotatable bonds is 3. The van der Waals surface area contributed by atoms with Crippen LogP contribution < -0.4 is 4.90 Å². The lowest BCUT2D eigenvalue weighted by molar-refractivity contribution is -0.137. The van der Waals surface area contributed by atoms with Gasteiger partial charge in [0.2, 0.25) is 5.82 Å². The van der Waals surface area contributed by atoms with Gasteiger partial charge in [0.25, 0.3) is 5.91 Å². The van der Waals surface area contributed by atoms with Crippen LogP contribution in [0.15, 0.2) is 66.9 Å². The summed E-state index contributed by atoms with van der Waals surface area (Å²) >= 11 is 0. The highest BCUT2D eigenvalue weighted by atomic mass is 19.4. The molecule has 0 unspecified atom stereocenters. The van der Waals surface area contributed by atoms with E-state index in [1.807, 2.05) is 6.07 Å². The van der Waals surface area contributed by atoms with Gasteiger partial charge >= 0.3 is 6.18 Å². The predicted octanol–water partition coefficient (Wildman–Crippen LogP) is 4.20. The van der Waals surface area contributed by atoms with E-state index >= 15 is 0 Å². The van der Waals surface area contributed by atoms with Crippen LogP contribution in [-0.4, -0.2) is 37.0 Å². The van der Waals surface area contributed by atoms with Gasteiger partial charge in [0.15, 0.2) is 5.82 Å². The van der Waals surface area contributed by atoms with Crippen molar-refractivity contribution in [1.82, 2.24) is 24.5 Å². The van der Waals surface area contributed by atoms with Gasteiger partial charge in [-0.2, -0.15) is 18.3 Å². The summed E-state index contributed by atoms with van der Waals surface area (Å²) in [6.45, 7) is 1.18. The molecule has 0 spiro atoms. The lowest BCUT2D eigenvalue weighted by atomic mass is 10.2. The second-order valence-corrected chi connectivity index (χ2v) is 7.31. The van der Waals surface area contributed by atoms with Gasteiger partial charge in [-0.1, -0.05) is 36.4 Å². The van der Waals surface area contributed by atoms with Gasteiger partial charge in [0.05, 0.1) is 17.4 Å². The Balaban J connectivity index is 1.61. The number of carbonyl (C=O) groups is 1. The number of fused-ring (bicyclic) bond motifs is 1. The number of nitrogens with zero attached hydrogens (tertiary/aromatic N) is 6. The molecule has 0 saturated carbocycles. The zero-order chi connectivity index (χ0) is 22.3. The summed E-state index contributed by atoms with van der Waals surface area (Å²) < 4.78 is 42.8. The summed E-state index contributed by atoms with van der Waals surface area (Å²) in [5.74, 6) is 0.377. The Morgan fingerprint density at radius 3 is 2.56 bits per heavy atom. The zero-order valence-corrected chi connectivity index (χ0v) is 16.7. The van der Waals surface area contributed by atoms with E-state index in [0.717, 1.165) is 18.6 Å². The molecule has 7 nitrogen and oxygen atoms in total. The van der Waals surface area contributed by atoms with Gasteiger partial charge in [-0.25, -0.2) is 14.3 Å². The molecule has 10 heteroatoms. The Bertz CT molecular complexity index is 1280. The van der Waals surface area contributed by atoms with Crippen molar-refractivity contribution in [2.75, 3.05) is 11.4 Å². The number of anilines is 1. The van der Waals surface area contributed by atoms with Crippen molar-refractivity contribution in [3.05, 3.63) is 78.2 Å². The standard InChI is InChI=1S/C22H17F3N6O/c23-22(24,25)16-8-4-9-17(14-16)31-20(15-6-2-1-3-7-15)27-19(28-31)21(32)29-12-5-13-30-18(29)10-11-26-30/h1-4,6-11,14H,5,12-13H2. The molecule has 2 aromatic heterocycles. The monoisotopic (exact) mass is 438 g/mol. The zero-order valence-electron chi connectivity index (χ0n) is 16.7. The highest BCUT2D eigenvalue weighted by molar-refractivity contribution is 6.03. The number of benzene rings is 2. The number of hydrogen-bond donors (Lipinski definition) is 0. The maximum Gasteiger partial charge on any atom is 0.416 e. The highest BCUT2D eigenvalue weighted by Gasteiger charge is 2.32. The average Bonchev–Trinajstić information content (AvgIpc) is 3.46. The van der Waals surface area contributed by atoms with Gasteiger partial charge in [-0.3, -0.25) is 9.69 Å². The summed E-state index contributed by atoms with van der Waals surface area (Å²) in [6, 6.07) is 15.4. The van der Waals surface area contributed by atoms with E-state index in [0.29, 0.717) is 24.5 Å². The summed E-state index contributed by atoms with van der Waals surface area (Å²) in [7, 11) is 0. The predicted molar refractivity (Wildman–Crippen MR) is 110 cm³/mol. The Labute approximate surface area is 180 Å². The third-order valence-corrected chi connectivity index (χ3v) is 5.22. The molecule has 1 aliphatic heterocycles. The van der Waals surface area contributed by atoms with E-state index < -0.39 is 17.6 Å². The van der Waals surface area contributed by atoms with E-state index in [2.05, 4.69) is 15.2 Å². The van der Waals surface area contributed by atoms with Crippen molar-refractivity contribution in [1.29, 1.82) is 0 Å². The minimum atomic E-state index is -4.51. The molecule has 0 atom stereocenters. The third-order valence-electron chi connectivity index (χ3n) is 5.22. The number of aromatic nitrogens is 5. The van der Waals surface area contributed by atoms with E-state index in [4.69, 9.17) is 0 Å². The molecule has 162 valence electrons. The molecule has 0 radical (unpaired) electrons. The molecular formula is C22H17F3N6O. The second-order valence-electron chi connectivity index (χ2n) is 7.31. The Kier molecular flexibility index (Phi) is 4.76. The van der Waals surface area contributed by atoms with Gasteiger partial charge < -0.3 is 0 Å². The first kappa shape index (κ1) is 20.0. The average molecular weight is 438 g/mol. The fraction of sp³-hybridized carbons (Fsp3) is 0.182. The van der Waals surface area contributed by atoms with Crippen LogP contribution in [0.4, 0.5) is 19.0 Å². The van der Waals surface area contributed by atoms with Crippen molar-refractivity contribution >= 4 is 11.7 Å². The fourth-order valence-corrected chi connectivity index (χ4v) is 3.72. The van der Waals surface area contributed by atoms with Crippen molar-refractivity contribution in [2.45, 2.75) is 19.1 Å². The Morgan fingerprint density at radius 2 is 1.78 bits per heavy atom. The number of amides is 1. The summed E-state index contributed by atoms with van der Waals surface area (Å²) in [5, 5.41) is 8.53. The van der Waals surface area contributed by atoms with Crippen molar-refractivity contribution < 1.29 is 18.0 Å². The number of hydrogen-bond acceptors (Lipinski definition) is 4. The molecule has 4 aromatic rings. The molecule has 5 rings (SSSR count). The maximum absolute atomic E-state index is 13.3. The Morgan fingerprint density at radius 1 is 0.969 bits per heavy atom. The summed E-state index contributed by atoms with van der Waals surface area (Å²) in [6.07, 6.45) is -2.17. The topological polar surface area (TPSA) is 68.8 Å². The largest absolute Gasteiger partial charge is 0.416 e. The van der Waals surface area contributed by atoms with E-state index in [1.165, 1.54) is 21.7 Å². The van der Waals surface area contributed by atoms with Crippen LogP contribution in [0.3, 0.4) is 0 Å². The first-order valence-electron chi connectivity index (χ1n) is 9.95. The normalized spacial score (nSPS) is 13.8. The van der Waals surface area contributed by atoms with Crippen molar-refractivity contribution in [2.24, 2.45) is 0 Å². The number of carbonyl (C=O) groups excluding carboxylic acids is 1. The van der Waals surface area contributed by atoms with Crippen LogP contribution >= 0.6 is 0 Å². The van der Waals surface area contributed by atoms with Crippen molar-refractivity contribution in [3.63, 3.8) is 0 Å². The van der Waals surface area contributed by atoms with Gasteiger partial charge in [0.1, 0.15) is 5.82 Å². The highest BCUT2D eigenvalue weighted by Crippen LogP contribution is 2.31. The van der Waals surface area contributed by atoms with E-state index in [-0.39, 0.29) is 17.3 Å². The second kappa shape index (κ2) is 7.63. The molecule has 1 amide bonds. The molecule has 0 saturated heterocycles. The molecular weight excluding hydrogens is 421 g/mol. The lowest BCUT2D eigenvalue weighted by Gasteiger charge is -2.26. The molecule has 2 aromatic carbocycles. The summed E-state index contributed by atoms with van der Waals surface area (Å²) in [4.78, 5) is 19.3. The molecule has 0 aliphatic carbocycles. The van der Waals surface area contributed by atoms with Crippen LogP contribution in [0.5, 0.6) is 0 Å².